The van der Waals surface area contributed by atoms with Gasteiger partial charge in [0.25, 0.3) is 0 Å². The molecule has 0 saturated carbocycles. The molecular weight excluding hydrogens is 274 g/mol. The minimum atomic E-state index is -0.916. The number of hydrogen-bond donors (Lipinski definition) is 2. The molecule has 1 aromatic carbocycles. The number of nitrogens with zero attached hydrogens (tertiary/aromatic N) is 1. The van der Waals surface area contributed by atoms with E-state index >= 15 is 0 Å². The van der Waals surface area contributed by atoms with Crippen molar-refractivity contribution in [3.05, 3.63) is 29.8 Å². The second-order valence-corrected chi connectivity index (χ2v) is 6.53. The Labute approximate surface area is 121 Å². The minimum Gasteiger partial charge on any atom is -0.337 e. The Hall–Kier alpha value is -1.87. The fourth-order valence-corrected chi connectivity index (χ4v) is 1.91. The van der Waals surface area contributed by atoms with Gasteiger partial charge in [-0.25, -0.2) is 4.79 Å². The molecule has 108 valence electrons. The van der Waals surface area contributed by atoms with Gasteiger partial charge < -0.3 is 10.6 Å². The Morgan fingerprint density at radius 2 is 1.95 bits per heavy atom. The van der Waals surface area contributed by atoms with E-state index in [4.69, 9.17) is 5.26 Å². The molecule has 0 bridgehead atoms. The summed E-state index contributed by atoms with van der Waals surface area (Å²) >= 11 is 0. The summed E-state index contributed by atoms with van der Waals surface area (Å²) < 4.78 is 10.9. The first-order valence-electron chi connectivity index (χ1n) is 6.22. The fourth-order valence-electron chi connectivity index (χ4n) is 1.52. The third-order valence-electron chi connectivity index (χ3n) is 2.82. The van der Waals surface area contributed by atoms with Crippen LogP contribution in [-0.2, 0) is 16.2 Å². The molecule has 1 atom stereocenters. The van der Waals surface area contributed by atoms with Crippen LogP contribution in [-0.4, -0.2) is 28.8 Å². The highest BCUT2D eigenvalue weighted by Crippen LogP contribution is 2.23. The number of hydrogen-bond acceptors (Lipinski definition) is 3. The van der Waals surface area contributed by atoms with Gasteiger partial charge in [0.15, 0.2) is 0 Å². The van der Waals surface area contributed by atoms with E-state index in [1.165, 1.54) is 0 Å². The van der Waals surface area contributed by atoms with E-state index in [0.717, 1.165) is 5.56 Å². The summed E-state index contributed by atoms with van der Waals surface area (Å²) in [7, 11) is -0.916. The summed E-state index contributed by atoms with van der Waals surface area (Å²) in [4.78, 5) is 11.6. The highest BCUT2D eigenvalue weighted by Gasteiger charge is 2.19. The van der Waals surface area contributed by atoms with Crippen LogP contribution in [0.15, 0.2) is 24.3 Å². The number of benzene rings is 1. The summed E-state index contributed by atoms with van der Waals surface area (Å²) in [6, 6.07) is 9.05. The Bertz CT molecular complexity index is 532. The summed E-state index contributed by atoms with van der Waals surface area (Å²) in [6.45, 7) is 4.05. The lowest BCUT2D eigenvalue weighted by atomic mass is 9.86. The van der Waals surface area contributed by atoms with Crippen LogP contribution in [0.1, 0.15) is 19.4 Å². The molecule has 20 heavy (non-hydrogen) atoms. The third-order valence-corrected chi connectivity index (χ3v) is 3.60. The second kappa shape index (κ2) is 7.06. The maximum atomic E-state index is 11.6. The number of urea groups is 1. The molecule has 1 aromatic rings. The molecule has 0 aliphatic carbocycles. The van der Waals surface area contributed by atoms with E-state index in [0.29, 0.717) is 18.0 Å². The molecule has 2 amide bonds. The molecule has 1 rings (SSSR count). The lowest BCUT2D eigenvalue weighted by Crippen LogP contribution is -2.31. The van der Waals surface area contributed by atoms with E-state index in [1.807, 2.05) is 26.0 Å². The molecule has 0 heterocycles. The molecule has 0 radical (unpaired) electrons. The molecule has 0 aliphatic rings. The maximum absolute atomic E-state index is 11.6. The molecule has 2 N–H and O–H groups in total. The summed E-state index contributed by atoms with van der Waals surface area (Å²) in [6.07, 6.45) is 1.59. The molecule has 6 heteroatoms. The van der Waals surface area contributed by atoms with E-state index in [-0.39, 0.29) is 6.03 Å². The zero-order chi connectivity index (χ0) is 15.2. The molecule has 0 unspecified atom stereocenters. The third kappa shape index (κ3) is 5.02. The van der Waals surface area contributed by atoms with Gasteiger partial charge in [0, 0.05) is 35.0 Å². The number of nitrogens with one attached hydrogen (secondary N) is 2. The van der Waals surface area contributed by atoms with Crippen LogP contribution in [0.5, 0.6) is 0 Å². The number of anilines is 1. The Morgan fingerprint density at radius 3 is 2.45 bits per heavy atom. The number of amides is 2. The number of rotatable bonds is 5. The minimum absolute atomic E-state index is 0.331. The number of carbonyl (C=O) groups is 1. The van der Waals surface area contributed by atoms with Crippen LogP contribution >= 0.6 is 0 Å². The predicted molar refractivity (Wildman–Crippen MR) is 81.0 cm³/mol. The van der Waals surface area contributed by atoms with Crippen LogP contribution in [0.4, 0.5) is 10.5 Å². The number of nitriles is 1. The lowest BCUT2D eigenvalue weighted by Gasteiger charge is -2.16. The van der Waals surface area contributed by atoms with Crippen LogP contribution in [0.3, 0.4) is 0 Å². The zero-order valence-electron chi connectivity index (χ0n) is 11.9. The SMILES string of the molecule is C[S@@](=O)CCNC(=O)Nc1ccc(C(C)(C)C#N)cc1. The van der Waals surface area contributed by atoms with Gasteiger partial charge >= 0.3 is 6.03 Å². The van der Waals surface area contributed by atoms with Crippen molar-refractivity contribution in [2.75, 3.05) is 23.9 Å². The molecular formula is C14H19N3O2S. The lowest BCUT2D eigenvalue weighted by molar-refractivity contribution is 0.252. The van der Waals surface area contributed by atoms with E-state index in [9.17, 15) is 9.00 Å². The van der Waals surface area contributed by atoms with Crippen molar-refractivity contribution in [3.63, 3.8) is 0 Å². The van der Waals surface area contributed by atoms with Gasteiger partial charge in [0.2, 0.25) is 0 Å². The monoisotopic (exact) mass is 293 g/mol. The van der Waals surface area contributed by atoms with Gasteiger partial charge in [0.05, 0.1) is 11.5 Å². The average Bonchev–Trinajstić information content (AvgIpc) is 2.39. The van der Waals surface area contributed by atoms with E-state index < -0.39 is 16.2 Å². The van der Waals surface area contributed by atoms with E-state index in [2.05, 4.69) is 16.7 Å². The molecule has 0 aliphatic heterocycles. The second-order valence-electron chi connectivity index (χ2n) is 4.97. The van der Waals surface area contributed by atoms with Gasteiger partial charge in [-0.2, -0.15) is 5.26 Å². The molecule has 0 fully saturated rings. The quantitative estimate of drug-likeness (QED) is 0.871. The summed E-state index contributed by atoms with van der Waals surface area (Å²) in [5.41, 5.74) is 0.997. The molecule has 0 spiro atoms. The normalized spacial score (nSPS) is 12.3. The first kappa shape index (κ1) is 16.2. The summed E-state index contributed by atoms with van der Waals surface area (Å²) in [5.74, 6) is 0.433. The zero-order valence-corrected chi connectivity index (χ0v) is 12.7. The highest BCUT2D eigenvalue weighted by molar-refractivity contribution is 7.84. The van der Waals surface area contributed by atoms with Crippen molar-refractivity contribution >= 4 is 22.5 Å². The van der Waals surface area contributed by atoms with Crippen LogP contribution in [0, 0.1) is 11.3 Å². The van der Waals surface area contributed by atoms with Crippen molar-refractivity contribution in [2.24, 2.45) is 0 Å². The standard InChI is InChI=1S/C14H19N3O2S/c1-14(2,10-15)11-4-6-12(7-5-11)17-13(18)16-8-9-20(3)19/h4-7H,8-9H2,1-3H3,(H2,16,17,18)/t20-/m1/s1. The van der Waals surface area contributed by atoms with Crippen molar-refractivity contribution in [2.45, 2.75) is 19.3 Å². The molecule has 0 aromatic heterocycles. The van der Waals surface area contributed by atoms with Crippen molar-refractivity contribution in [1.29, 1.82) is 5.26 Å². The Morgan fingerprint density at radius 1 is 1.35 bits per heavy atom. The van der Waals surface area contributed by atoms with E-state index in [1.54, 1.807) is 18.4 Å². The summed E-state index contributed by atoms with van der Waals surface area (Å²) in [5, 5.41) is 14.4. The Kier molecular flexibility index (Phi) is 5.71. The van der Waals surface area contributed by atoms with Crippen molar-refractivity contribution in [3.8, 4) is 6.07 Å². The highest BCUT2D eigenvalue weighted by atomic mass is 32.2. The first-order valence-corrected chi connectivity index (χ1v) is 7.94. The Balaban J connectivity index is 2.56. The largest absolute Gasteiger partial charge is 0.337 e. The van der Waals surface area contributed by atoms with Crippen molar-refractivity contribution in [1.82, 2.24) is 5.32 Å². The van der Waals surface area contributed by atoms with Gasteiger partial charge in [-0.15, -0.1) is 0 Å². The van der Waals surface area contributed by atoms with Gasteiger partial charge in [-0.1, -0.05) is 12.1 Å². The van der Waals surface area contributed by atoms with Crippen LogP contribution in [0.25, 0.3) is 0 Å². The van der Waals surface area contributed by atoms with Crippen LogP contribution < -0.4 is 10.6 Å². The topological polar surface area (TPSA) is 82.0 Å². The van der Waals surface area contributed by atoms with Gasteiger partial charge in [-0.3, -0.25) is 4.21 Å². The molecule has 5 nitrogen and oxygen atoms in total. The predicted octanol–water partition coefficient (Wildman–Crippen LogP) is 1.99. The van der Waals surface area contributed by atoms with Gasteiger partial charge in [0.1, 0.15) is 0 Å². The van der Waals surface area contributed by atoms with Crippen molar-refractivity contribution < 1.29 is 9.00 Å². The smallest absolute Gasteiger partial charge is 0.319 e. The molecule has 0 saturated heterocycles. The number of carbonyl (C=O) groups excluding carboxylic acids is 1. The first-order chi connectivity index (χ1) is 9.35. The van der Waals surface area contributed by atoms with Crippen LogP contribution in [0.2, 0.25) is 0 Å². The van der Waals surface area contributed by atoms with Gasteiger partial charge in [-0.05, 0) is 31.5 Å². The maximum Gasteiger partial charge on any atom is 0.319 e. The fraction of sp³-hybridized carbons (Fsp3) is 0.429. The average molecular weight is 293 g/mol.